The molecule has 1 saturated heterocycles. The predicted molar refractivity (Wildman–Crippen MR) is 169 cm³/mol. The Kier molecular flexibility index (Phi) is 5.96. The Morgan fingerprint density at radius 2 is 1.64 bits per heavy atom. The number of carbonyl (C=O) groups is 3. The molecule has 4 atom stereocenters. The average molecular weight is 597 g/mol. The molecule has 0 saturated carbocycles. The van der Waals surface area contributed by atoms with Crippen LogP contribution in [-0.2, 0) is 10.2 Å². The molecule has 8 nitrogen and oxygen atoms in total. The molecular formula is C37H28N2O6. The third-order valence-electron chi connectivity index (χ3n) is 9.46. The Morgan fingerprint density at radius 3 is 2.47 bits per heavy atom. The summed E-state index contributed by atoms with van der Waals surface area (Å²) in [7, 11) is 3.01. The van der Waals surface area contributed by atoms with Crippen molar-refractivity contribution >= 4 is 40.2 Å². The van der Waals surface area contributed by atoms with E-state index in [4.69, 9.17) is 13.9 Å². The predicted octanol–water partition coefficient (Wildman–Crippen LogP) is 6.43. The fourth-order valence-electron chi connectivity index (χ4n) is 7.59. The Hall–Kier alpha value is -5.63. The van der Waals surface area contributed by atoms with E-state index in [1.165, 1.54) is 14.2 Å². The molecule has 45 heavy (non-hydrogen) atoms. The Balaban J connectivity index is 1.43. The first kappa shape index (κ1) is 27.0. The van der Waals surface area contributed by atoms with E-state index in [2.05, 4.69) is 5.32 Å². The molecule has 3 aliphatic rings. The lowest BCUT2D eigenvalue weighted by Gasteiger charge is -2.38. The first-order valence-corrected chi connectivity index (χ1v) is 14.7. The van der Waals surface area contributed by atoms with Crippen molar-refractivity contribution in [3.8, 4) is 11.5 Å². The van der Waals surface area contributed by atoms with Crippen LogP contribution in [0.3, 0.4) is 0 Å². The van der Waals surface area contributed by atoms with Crippen molar-refractivity contribution in [3.05, 3.63) is 131 Å². The highest BCUT2D eigenvalue weighted by Crippen LogP contribution is 2.62. The van der Waals surface area contributed by atoms with Crippen LogP contribution in [0, 0.1) is 5.92 Å². The maximum Gasteiger partial charge on any atom is 0.238 e. The summed E-state index contributed by atoms with van der Waals surface area (Å²) in [4.78, 5) is 46.6. The van der Waals surface area contributed by atoms with Crippen molar-refractivity contribution in [2.75, 3.05) is 19.5 Å². The molecular weight excluding hydrogens is 568 g/mol. The summed E-state index contributed by atoms with van der Waals surface area (Å²) < 4.78 is 17.2. The van der Waals surface area contributed by atoms with Crippen LogP contribution in [0.2, 0.25) is 0 Å². The van der Waals surface area contributed by atoms with Gasteiger partial charge in [0.25, 0.3) is 0 Å². The second kappa shape index (κ2) is 9.95. The van der Waals surface area contributed by atoms with Crippen molar-refractivity contribution in [3.63, 3.8) is 0 Å². The molecule has 1 fully saturated rings. The van der Waals surface area contributed by atoms with Crippen LogP contribution in [0.5, 0.6) is 11.5 Å². The molecule has 4 aromatic carbocycles. The lowest BCUT2D eigenvalue weighted by molar-refractivity contribution is -0.122. The van der Waals surface area contributed by atoms with Crippen LogP contribution in [0.4, 0.5) is 5.69 Å². The van der Waals surface area contributed by atoms with Crippen LogP contribution in [0.15, 0.2) is 108 Å². The molecule has 4 heterocycles. The summed E-state index contributed by atoms with van der Waals surface area (Å²) in [5, 5.41) is 3.82. The zero-order valence-electron chi connectivity index (χ0n) is 24.5. The second-order valence-electron chi connectivity index (χ2n) is 11.5. The number of nitrogens with one attached hydrogen (secondary N) is 1. The van der Waals surface area contributed by atoms with Gasteiger partial charge in [0.1, 0.15) is 28.5 Å². The lowest BCUT2D eigenvalue weighted by Crippen LogP contribution is -2.49. The smallest absolute Gasteiger partial charge is 0.238 e. The van der Waals surface area contributed by atoms with E-state index in [9.17, 15) is 4.79 Å². The number of ketones is 2. The highest BCUT2D eigenvalue weighted by atomic mass is 16.5. The van der Waals surface area contributed by atoms with E-state index in [1.54, 1.807) is 30.3 Å². The molecule has 1 amide bonds. The summed E-state index contributed by atoms with van der Waals surface area (Å²) in [6.45, 7) is 0. The van der Waals surface area contributed by atoms with Gasteiger partial charge in [-0.25, -0.2) is 0 Å². The molecule has 0 unspecified atom stereocenters. The minimum atomic E-state index is -1.47. The summed E-state index contributed by atoms with van der Waals surface area (Å²) in [6, 6.07) is 27.5. The Labute approximate surface area is 258 Å². The van der Waals surface area contributed by atoms with Crippen molar-refractivity contribution in [1.29, 1.82) is 0 Å². The topological polar surface area (TPSA) is 98.1 Å². The molecule has 1 spiro atoms. The number of ether oxygens (including phenoxy) is 2. The molecule has 0 bridgehead atoms. The fraction of sp³-hybridized carbons (Fsp3) is 0.162. The van der Waals surface area contributed by atoms with Crippen molar-refractivity contribution in [1.82, 2.24) is 4.90 Å². The van der Waals surface area contributed by atoms with E-state index >= 15 is 9.59 Å². The van der Waals surface area contributed by atoms with E-state index in [1.807, 2.05) is 83.9 Å². The molecule has 1 N–H and O–H groups in total. The third kappa shape index (κ3) is 3.68. The standard InChI is InChI=1S/C37H28N2O6/c1-43-23-15-16-29(44-2)25(20-23)33(40)32-31(34(41)30-19-22-10-4-8-14-28(22)45-30)37(26-12-6-7-13-27(26)38-36(37)42)35-24-11-5-3-9-21(24)17-18-39(32)35/h3-20,31-32,35H,1-2H3,(H,38,42)/t31-,32+,35-,37-/m1/s1. The van der Waals surface area contributed by atoms with Gasteiger partial charge in [0.2, 0.25) is 11.7 Å². The van der Waals surface area contributed by atoms with Crippen LogP contribution >= 0.6 is 0 Å². The van der Waals surface area contributed by atoms with E-state index in [0.29, 0.717) is 28.3 Å². The Morgan fingerprint density at radius 1 is 0.867 bits per heavy atom. The highest BCUT2D eigenvalue weighted by molar-refractivity contribution is 6.17. The first-order valence-electron chi connectivity index (χ1n) is 14.7. The van der Waals surface area contributed by atoms with Crippen molar-refractivity contribution < 1.29 is 28.3 Å². The van der Waals surface area contributed by atoms with Crippen molar-refractivity contribution in [2.24, 2.45) is 5.92 Å². The molecule has 8 heteroatoms. The van der Waals surface area contributed by atoms with Gasteiger partial charge in [0.15, 0.2) is 11.5 Å². The van der Waals surface area contributed by atoms with Gasteiger partial charge in [-0.3, -0.25) is 14.4 Å². The number of carbonyl (C=O) groups excluding carboxylic acids is 3. The summed E-state index contributed by atoms with van der Waals surface area (Å²) in [6.07, 6.45) is 3.76. The van der Waals surface area contributed by atoms with Crippen molar-refractivity contribution in [2.45, 2.75) is 17.5 Å². The highest BCUT2D eigenvalue weighted by Gasteiger charge is 2.71. The summed E-state index contributed by atoms with van der Waals surface area (Å²) in [5.41, 5.74) is 2.37. The van der Waals surface area contributed by atoms with E-state index < -0.39 is 29.2 Å². The van der Waals surface area contributed by atoms with Gasteiger partial charge in [0, 0.05) is 17.3 Å². The third-order valence-corrected chi connectivity index (χ3v) is 9.46. The van der Waals surface area contributed by atoms with Gasteiger partial charge in [-0.2, -0.15) is 0 Å². The van der Waals surface area contributed by atoms with E-state index in [0.717, 1.165) is 16.5 Å². The molecule has 8 rings (SSSR count). The van der Waals surface area contributed by atoms with Gasteiger partial charge in [-0.05, 0) is 59.2 Å². The summed E-state index contributed by atoms with van der Waals surface area (Å²) >= 11 is 0. The number of benzene rings is 4. The molecule has 3 aliphatic heterocycles. The zero-order valence-corrected chi connectivity index (χ0v) is 24.5. The molecule has 222 valence electrons. The quantitative estimate of drug-likeness (QED) is 0.226. The zero-order chi connectivity index (χ0) is 30.9. The number of hydrogen-bond donors (Lipinski definition) is 1. The molecule has 0 radical (unpaired) electrons. The number of nitrogens with zero attached hydrogens (tertiary/aromatic N) is 1. The number of furan rings is 1. The number of fused-ring (bicyclic) bond motifs is 7. The van der Waals surface area contributed by atoms with Gasteiger partial charge in [-0.15, -0.1) is 0 Å². The first-order chi connectivity index (χ1) is 22.0. The monoisotopic (exact) mass is 596 g/mol. The number of Topliss-reactive ketones (excluding diaryl/α,β-unsaturated/α-hetero) is 2. The average Bonchev–Trinajstić information content (AvgIpc) is 3.74. The maximum atomic E-state index is 15.1. The van der Waals surface area contributed by atoms with E-state index in [-0.39, 0.29) is 23.0 Å². The number of rotatable bonds is 6. The van der Waals surface area contributed by atoms with Gasteiger partial charge >= 0.3 is 0 Å². The fourth-order valence-corrected chi connectivity index (χ4v) is 7.59. The number of amides is 1. The molecule has 1 aromatic heterocycles. The minimum Gasteiger partial charge on any atom is -0.497 e. The number of hydrogen-bond acceptors (Lipinski definition) is 7. The van der Waals surface area contributed by atoms with Crippen LogP contribution < -0.4 is 14.8 Å². The Bertz CT molecular complexity index is 2050. The normalized spacial score (nSPS) is 22.6. The lowest BCUT2D eigenvalue weighted by atomic mass is 9.63. The second-order valence-corrected chi connectivity index (χ2v) is 11.5. The van der Waals surface area contributed by atoms with Gasteiger partial charge in [-0.1, -0.05) is 60.7 Å². The number of methoxy groups -OCH3 is 2. The van der Waals surface area contributed by atoms with Gasteiger partial charge in [0.05, 0.1) is 31.7 Å². The molecule has 5 aromatic rings. The minimum absolute atomic E-state index is 0.0882. The van der Waals surface area contributed by atoms with Gasteiger partial charge < -0.3 is 24.1 Å². The molecule has 0 aliphatic carbocycles. The van der Waals surface area contributed by atoms with Crippen LogP contribution in [0.1, 0.15) is 43.6 Å². The van der Waals surface area contributed by atoms with Crippen LogP contribution in [-0.4, -0.2) is 42.6 Å². The number of anilines is 1. The SMILES string of the molecule is COc1ccc(OC)c(C(=O)[C@@H]2[C@H](C(=O)c3cc4ccccc4o3)[C@@]3(C(=O)Nc4ccccc43)[C@H]3c4ccccc4C=CN23)c1. The maximum absolute atomic E-state index is 15.1. The summed E-state index contributed by atoms with van der Waals surface area (Å²) in [5.74, 6) is -1.43. The van der Waals surface area contributed by atoms with Crippen LogP contribution in [0.25, 0.3) is 17.0 Å². The number of para-hydroxylation sites is 2. The largest absolute Gasteiger partial charge is 0.497 e.